The Morgan fingerprint density at radius 3 is 2.23 bits per heavy atom. The van der Waals surface area contributed by atoms with E-state index in [-0.39, 0.29) is 23.5 Å². The molecule has 2 atom stereocenters. The molecular weight excluding hydrogens is 411 g/mol. The predicted molar refractivity (Wildman–Crippen MR) is 105 cm³/mol. The summed E-state index contributed by atoms with van der Waals surface area (Å²) in [5.74, 6) is -0.700. The van der Waals surface area contributed by atoms with Crippen molar-refractivity contribution in [3.8, 4) is 6.07 Å². The minimum atomic E-state index is -4.72. The second kappa shape index (κ2) is 7.58. The predicted octanol–water partition coefficient (Wildman–Crippen LogP) is 3.83. The summed E-state index contributed by atoms with van der Waals surface area (Å²) >= 11 is 0. The zero-order valence-corrected chi connectivity index (χ0v) is 16.3. The van der Waals surface area contributed by atoms with Crippen LogP contribution in [0.2, 0.25) is 0 Å². The van der Waals surface area contributed by atoms with E-state index in [9.17, 15) is 22.8 Å². The minimum absolute atomic E-state index is 0.0503. The lowest BCUT2D eigenvalue weighted by atomic mass is 9.89. The quantitative estimate of drug-likeness (QED) is 0.801. The highest BCUT2D eigenvalue weighted by Crippen LogP contribution is 2.41. The maximum Gasteiger partial charge on any atom is 0.417 e. The van der Waals surface area contributed by atoms with Crippen molar-refractivity contribution in [3.63, 3.8) is 0 Å². The first-order valence-corrected chi connectivity index (χ1v) is 9.72. The Labute approximate surface area is 175 Å². The maximum atomic E-state index is 13.5. The van der Waals surface area contributed by atoms with Gasteiger partial charge in [0.25, 0.3) is 5.91 Å². The first-order chi connectivity index (χ1) is 14.7. The van der Waals surface area contributed by atoms with Crippen LogP contribution in [0.3, 0.4) is 0 Å². The van der Waals surface area contributed by atoms with E-state index in [0.29, 0.717) is 18.5 Å². The number of nitriles is 1. The third kappa shape index (κ3) is 3.56. The van der Waals surface area contributed by atoms with Crippen LogP contribution < -0.4 is 15.5 Å². The van der Waals surface area contributed by atoms with Gasteiger partial charge in [0.05, 0.1) is 41.2 Å². The van der Waals surface area contributed by atoms with Crippen molar-refractivity contribution in [1.29, 1.82) is 5.26 Å². The van der Waals surface area contributed by atoms with E-state index in [0.717, 1.165) is 25.0 Å². The molecule has 2 unspecified atom stereocenters. The number of rotatable bonds is 3. The minimum Gasteiger partial charge on any atom is -0.364 e. The van der Waals surface area contributed by atoms with Gasteiger partial charge in [0.2, 0.25) is 0 Å². The molecule has 1 aliphatic carbocycles. The van der Waals surface area contributed by atoms with Crippen LogP contribution >= 0.6 is 0 Å². The van der Waals surface area contributed by atoms with E-state index in [2.05, 4.69) is 4.98 Å². The topological polar surface area (TPSA) is 103 Å². The highest BCUT2D eigenvalue weighted by Gasteiger charge is 2.48. The highest BCUT2D eigenvalue weighted by molar-refractivity contribution is 6.07. The monoisotopic (exact) mass is 429 g/mol. The first-order valence-electron chi connectivity index (χ1n) is 9.72. The number of carbonyl (C=O) groups excluding carboxylic acids is 2. The van der Waals surface area contributed by atoms with Crippen LogP contribution in [-0.2, 0) is 6.18 Å². The van der Waals surface area contributed by atoms with Crippen molar-refractivity contribution in [2.45, 2.75) is 43.9 Å². The van der Waals surface area contributed by atoms with Gasteiger partial charge in [-0.1, -0.05) is 12.8 Å². The van der Waals surface area contributed by atoms with E-state index in [4.69, 9.17) is 11.0 Å². The van der Waals surface area contributed by atoms with Crippen LogP contribution in [0.4, 0.5) is 29.3 Å². The molecule has 1 saturated carbocycles. The Balaban J connectivity index is 1.76. The van der Waals surface area contributed by atoms with Gasteiger partial charge in [-0.05, 0) is 43.2 Å². The van der Waals surface area contributed by atoms with Gasteiger partial charge in [0.15, 0.2) is 0 Å². The number of amides is 3. The van der Waals surface area contributed by atoms with Gasteiger partial charge in [0, 0.05) is 5.69 Å². The van der Waals surface area contributed by atoms with Gasteiger partial charge in [-0.15, -0.1) is 0 Å². The number of nitrogens with zero attached hydrogens (tertiary/aromatic N) is 4. The molecule has 7 nitrogen and oxygen atoms in total. The number of primary amides is 1. The lowest BCUT2D eigenvalue weighted by Gasteiger charge is -2.31. The summed E-state index contributed by atoms with van der Waals surface area (Å²) in [5, 5.41) is 9.05. The molecule has 4 rings (SSSR count). The molecule has 1 aromatic carbocycles. The van der Waals surface area contributed by atoms with Crippen molar-refractivity contribution >= 4 is 23.3 Å². The second-order valence-corrected chi connectivity index (χ2v) is 7.55. The van der Waals surface area contributed by atoms with Crippen LogP contribution in [0, 0.1) is 11.3 Å². The lowest BCUT2D eigenvalue weighted by molar-refractivity contribution is -0.137. The number of hydrogen-bond donors (Lipinski definition) is 1. The average molecular weight is 429 g/mol. The van der Waals surface area contributed by atoms with Gasteiger partial charge in [-0.3, -0.25) is 14.6 Å². The van der Waals surface area contributed by atoms with Crippen molar-refractivity contribution in [3.05, 3.63) is 53.3 Å². The smallest absolute Gasteiger partial charge is 0.364 e. The number of hydrogen-bond acceptors (Lipinski definition) is 4. The summed E-state index contributed by atoms with van der Waals surface area (Å²) < 4.78 is 40.4. The molecule has 2 aliphatic rings. The number of pyridine rings is 1. The highest BCUT2D eigenvalue weighted by atomic mass is 19.4. The molecule has 2 N–H and O–H groups in total. The third-order valence-corrected chi connectivity index (χ3v) is 5.76. The normalized spacial score (nSPS) is 21.0. The van der Waals surface area contributed by atoms with Crippen LogP contribution in [0.5, 0.6) is 0 Å². The molecule has 0 radical (unpaired) electrons. The van der Waals surface area contributed by atoms with Crippen molar-refractivity contribution in [2.75, 3.05) is 9.80 Å². The van der Waals surface area contributed by atoms with Crippen molar-refractivity contribution in [2.24, 2.45) is 5.73 Å². The van der Waals surface area contributed by atoms with Crippen LogP contribution in [0.15, 0.2) is 36.5 Å². The van der Waals surface area contributed by atoms with Gasteiger partial charge >= 0.3 is 12.2 Å². The molecule has 0 spiro atoms. The number of fused-ring (bicyclic) bond motifs is 1. The molecule has 2 fully saturated rings. The van der Waals surface area contributed by atoms with E-state index in [1.54, 1.807) is 12.1 Å². The molecule has 2 heterocycles. The molecule has 31 heavy (non-hydrogen) atoms. The molecule has 1 saturated heterocycles. The molecule has 160 valence electrons. The van der Waals surface area contributed by atoms with Crippen molar-refractivity contribution in [1.82, 2.24) is 4.98 Å². The second-order valence-electron chi connectivity index (χ2n) is 7.55. The van der Waals surface area contributed by atoms with E-state index in [1.165, 1.54) is 28.1 Å². The average Bonchev–Trinajstić information content (AvgIpc) is 3.04. The fourth-order valence-corrected chi connectivity index (χ4v) is 4.39. The largest absolute Gasteiger partial charge is 0.417 e. The summed E-state index contributed by atoms with van der Waals surface area (Å²) in [6.45, 7) is 0. The Bertz CT molecular complexity index is 1080. The van der Waals surface area contributed by atoms with Crippen LogP contribution in [0.1, 0.15) is 47.3 Å². The number of benzene rings is 1. The zero-order valence-electron chi connectivity index (χ0n) is 16.3. The summed E-state index contributed by atoms with van der Waals surface area (Å²) in [6, 6.07) is 6.82. The summed E-state index contributed by atoms with van der Waals surface area (Å²) in [5.41, 5.74) is 4.24. The van der Waals surface area contributed by atoms with Crippen LogP contribution in [-0.4, -0.2) is 29.0 Å². The number of carbonyl (C=O) groups is 2. The first kappa shape index (κ1) is 20.7. The SMILES string of the molecule is N#Cc1ccc(N2C(=O)N(c3ccc(C(N)=O)nc3)C3CCCCC32)cc1C(F)(F)F. The Kier molecular flexibility index (Phi) is 5.05. The Hall–Kier alpha value is -3.61. The number of halogens is 3. The molecule has 10 heteroatoms. The standard InChI is InChI=1S/C21H18F3N5O2/c22-21(23,24)15-9-13(6-5-12(15)10-25)28-17-3-1-2-4-18(17)29(20(28)31)14-7-8-16(19(26)30)27-11-14/h5-9,11,17-18H,1-4H2,(H2,26,30). The Morgan fingerprint density at radius 2 is 1.71 bits per heavy atom. The van der Waals surface area contributed by atoms with Crippen LogP contribution in [0.25, 0.3) is 0 Å². The molecule has 2 aromatic rings. The number of aromatic nitrogens is 1. The van der Waals surface area contributed by atoms with Gasteiger partial charge < -0.3 is 5.73 Å². The summed E-state index contributed by atoms with van der Waals surface area (Å²) in [4.78, 5) is 31.6. The Morgan fingerprint density at radius 1 is 1.10 bits per heavy atom. The van der Waals surface area contributed by atoms with E-state index < -0.39 is 29.2 Å². The summed E-state index contributed by atoms with van der Waals surface area (Å²) in [6.07, 6.45) is -0.294. The van der Waals surface area contributed by atoms with E-state index in [1.807, 2.05) is 0 Å². The van der Waals surface area contributed by atoms with Gasteiger partial charge in [-0.2, -0.15) is 18.4 Å². The van der Waals surface area contributed by atoms with Crippen molar-refractivity contribution < 1.29 is 22.8 Å². The zero-order chi connectivity index (χ0) is 22.3. The molecule has 1 aliphatic heterocycles. The fourth-order valence-electron chi connectivity index (χ4n) is 4.39. The van der Waals surface area contributed by atoms with Gasteiger partial charge in [0.1, 0.15) is 5.69 Å². The molecule has 3 amide bonds. The third-order valence-electron chi connectivity index (χ3n) is 5.76. The van der Waals surface area contributed by atoms with Gasteiger partial charge in [-0.25, -0.2) is 9.78 Å². The molecule has 1 aromatic heterocycles. The number of urea groups is 1. The number of alkyl halides is 3. The summed E-state index contributed by atoms with van der Waals surface area (Å²) in [7, 11) is 0. The maximum absolute atomic E-state index is 13.5. The fraction of sp³-hybridized carbons (Fsp3) is 0.333. The lowest BCUT2D eigenvalue weighted by Crippen LogP contribution is -2.40. The number of nitrogens with two attached hydrogens (primary N) is 1. The number of anilines is 2. The molecular formula is C21H18F3N5O2. The molecule has 0 bridgehead atoms. The van der Waals surface area contributed by atoms with E-state index >= 15 is 0 Å².